The summed E-state index contributed by atoms with van der Waals surface area (Å²) in [5, 5.41) is 3.69. The summed E-state index contributed by atoms with van der Waals surface area (Å²) >= 11 is 0. The Morgan fingerprint density at radius 3 is 2.21 bits per heavy atom. The van der Waals surface area contributed by atoms with Gasteiger partial charge in [-0.1, -0.05) is 67.6 Å². The molecule has 1 N–H and O–H groups in total. The van der Waals surface area contributed by atoms with E-state index in [1.165, 1.54) is 11.1 Å². The Bertz CT molecular complexity index is 641. The maximum Gasteiger partial charge on any atom is 0.222 e. The molecule has 1 fully saturated rings. The van der Waals surface area contributed by atoms with Crippen LogP contribution in [0.15, 0.2) is 60.7 Å². The average molecular weight is 322 g/mol. The third-order valence-corrected chi connectivity index (χ3v) is 4.82. The summed E-state index contributed by atoms with van der Waals surface area (Å²) in [4.78, 5) is 14.0. The number of hydrogen-bond acceptors (Lipinski definition) is 2. The highest BCUT2D eigenvalue weighted by Gasteiger charge is 2.24. The van der Waals surface area contributed by atoms with Crippen molar-refractivity contribution in [2.24, 2.45) is 0 Å². The zero-order valence-corrected chi connectivity index (χ0v) is 14.3. The predicted molar refractivity (Wildman–Crippen MR) is 97.9 cm³/mol. The van der Waals surface area contributed by atoms with Gasteiger partial charge in [-0.3, -0.25) is 4.79 Å². The summed E-state index contributed by atoms with van der Waals surface area (Å²) in [7, 11) is 0. The van der Waals surface area contributed by atoms with Gasteiger partial charge in [0.1, 0.15) is 0 Å². The van der Waals surface area contributed by atoms with Gasteiger partial charge in [0.15, 0.2) is 0 Å². The van der Waals surface area contributed by atoms with Crippen LogP contribution in [0.1, 0.15) is 42.9 Å². The minimum atomic E-state index is 0.180. The molecule has 0 aromatic heterocycles. The van der Waals surface area contributed by atoms with Gasteiger partial charge < -0.3 is 10.2 Å². The first-order chi connectivity index (χ1) is 11.7. The smallest absolute Gasteiger partial charge is 0.222 e. The lowest BCUT2D eigenvalue weighted by molar-refractivity contribution is -0.128. The second-order valence-electron chi connectivity index (χ2n) is 6.63. The maximum absolute atomic E-state index is 12.0. The molecule has 0 aliphatic carbocycles. The van der Waals surface area contributed by atoms with Crippen LogP contribution in [-0.4, -0.2) is 30.4 Å². The van der Waals surface area contributed by atoms with Gasteiger partial charge in [0, 0.05) is 32.1 Å². The van der Waals surface area contributed by atoms with E-state index in [4.69, 9.17) is 0 Å². The summed E-state index contributed by atoms with van der Waals surface area (Å²) in [6.07, 6.45) is 1.68. The lowest BCUT2D eigenvalue weighted by atomic mass is 10.00. The van der Waals surface area contributed by atoms with E-state index in [1.54, 1.807) is 0 Å². The zero-order valence-electron chi connectivity index (χ0n) is 14.3. The quantitative estimate of drug-likeness (QED) is 0.842. The van der Waals surface area contributed by atoms with Gasteiger partial charge in [0.05, 0.1) is 0 Å². The lowest BCUT2D eigenvalue weighted by Crippen LogP contribution is -2.37. The minimum Gasteiger partial charge on any atom is -0.341 e. The Balaban J connectivity index is 1.67. The third-order valence-electron chi connectivity index (χ3n) is 4.82. The predicted octanol–water partition coefficient (Wildman–Crippen LogP) is 3.74. The van der Waals surface area contributed by atoms with Crippen molar-refractivity contribution >= 4 is 5.91 Å². The number of hydrogen-bond donors (Lipinski definition) is 1. The Hall–Kier alpha value is -2.13. The normalized spacial score (nSPS) is 17.0. The number of likely N-dealkylation sites (tertiary alicyclic amines) is 1. The fourth-order valence-electron chi connectivity index (χ4n) is 3.31. The Morgan fingerprint density at radius 2 is 1.62 bits per heavy atom. The minimum absolute atomic E-state index is 0.180. The van der Waals surface area contributed by atoms with Crippen LogP contribution in [-0.2, 0) is 4.79 Å². The number of carbonyl (C=O) groups is 1. The van der Waals surface area contributed by atoms with E-state index in [-0.39, 0.29) is 11.9 Å². The number of rotatable bonds is 7. The standard InChI is InChI=1S/C21H26N2O/c1-17(18-9-4-2-5-10-18)15-22-20(19-11-6-3-7-12-19)16-23-14-8-13-21(23)24/h2-7,9-12,17,20,22H,8,13-16H2,1H3. The van der Waals surface area contributed by atoms with Gasteiger partial charge >= 0.3 is 0 Å². The van der Waals surface area contributed by atoms with Gasteiger partial charge in [-0.15, -0.1) is 0 Å². The molecule has 2 aromatic rings. The molecule has 2 atom stereocenters. The van der Waals surface area contributed by atoms with E-state index in [2.05, 4.69) is 66.8 Å². The molecule has 1 heterocycles. The molecule has 1 aliphatic rings. The van der Waals surface area contributed by atoms with Crippen LogP contribution in [0.4, 0.5) is 0 Å². The molecule has 126 valence electrons. The first-order valence-corrected chi connectivity index (χ1v) is 8.85. The molecule has 24 heavy (non-hydrogen) atoms. The number of nitrogens with one attached hydrogen (secondary N) is 1. The van der Waals surface area contributed by atoms with E-state index in [0.29, 0.717) is 12.3 Å². The molecule has 3 nitrogen and oxygen atoms in total. The molecule has 0 spiro atoms. The second-order valence-corrected chi connectivity index (χ2v) is 6.63. The van der Waals surface area contributed by atoms with Crippen molar-refractivity contribution in [2.45, 2.75) is 31.7 Å². The molecule has 2 aromatic carbocycles. The fraction of sp³-hybridized carbons (Fsp3) is 0.381. The maximum atomic E-state index is 12.0. The van der Waals surface area contributed by atoms with Crippen LogP contribution in [0, 0.1) is 0 Å². The number of benzene rings is 2. The van der Waals surface area contributed by atoms with Crippen LogP contribution in [0.25, 0.3) is 0 Å². The van der Waals surface area contributed by atoms with E-state index in [0.717, 1.165) is 26.1 Å². The molecule has 0 saturated carbocycles. The van der Waals surface area contributed by atoms with Gasteiger partial charge in [-0.25, -0.2) is 0 Å². The highest BCUT2D eigenvalue weighted by Crippen LogP contribution is 2.20. The van der Waals surface area contributed by atoms with E-state index < -0.39 is 0 Å². The molecular weight excluding hydrogens is 296 g/mol. The van der Waals surface area contributed by atoms with E-state index in [9.17, 15) is 4.79 Å². The van der Waals surface area contributed by atoms with Crippen LogP contribution >= 0.6 is 0 Å². The molecule has 1 amide bonds. The summed E-state index contributed by atoms with van der Waals surface area (Å²) < 4.78 is 0. The number of amides is 1. The van der Waals surface area contributed by atoms with Crippen LogP contribution in [0.5, 0.6) is 0 Å². The molecule has 0 radical (unpaired) electrons. The van der Waals surface area contributed by atoms with Crippen molar-refractivity contribution in [3.8, 4) is 0 Å². The lowest BCUT2D eigenvalue weighted by Gasteiger charge is -2.26. The van der Waals surface area contributed by atoms with Crippen molar-refractivity contribution in [2.75, 3.05) is 19.6 Å². The summed E-state index contributed by atoms with van der Waals surface area (Å²) in [6, 6.07) is 21.2. The van der Waals surface area contributed by atoms with Gasteiger partial charge in [0.2, 0.25) is 5.91 Å². The molecular formula is C21H26N2O. The van der Waals surface area contributed by atoms with Gasteiger partial charge in [0.25, 0.3) is 0 Å². The third kappa shape index (κ3) is 4.24. The zero-order chi connectivity index (χ0) is 16.8. The highest BCUT2D eigenvalue weighted by molar-refractivity contribution is 5.78. The number of carbonyl (C=O) groups excluding carboxylic acids is 1. The van der Waals surface area contributed by atoms with Gasteiger partial charge in [-0.05, 0) is 23.5 Å². The van der Waals surface area contributed by atoms with Crippen LogP contribution in [0.2, 0.25) is 0 Å². The molecule has 1 aliphatic heterocycles. The van der Waals surface area contributed by atoms with E-state index in [1.807, 2.05) is 11.0 Å². The average Bonchev–Trinajstić information content (AvgIpc) is 3.04. The molecule has 3 heteroatoms. The SMILES string of the molecule is CC(CNC(CN1CCCC1=O)c1ccccc1)c1ccccc1. The van der Waals surface area contributed by atoms with E-state index >= 15 is 0 Å². The van der Waals surface area contributed by atoms with Crippen LogP contribution in [0.3, 0.4) is 0 Å². The Kier molecular flexibility index (Phi) is 5.65. The summed E-state index contributed by atoms with van der Waals surface area (Å²) in [5.74, 6) is 0.723. The highest BCUT2D eigenvalue weighted by atomic mass is 16.2. The molecule has 0 bridgehead atoms. The summed E-state index contributed by atoms with van der Waals surface area (Å²) in [6.45, 7) is 4.78. The van der Waals surface area contributed by atoms with Crippen molar-refractivity contribution < 1.29 is 4.79 Å². The Labute approximate surface area is 144 Å². The molecule has 2 unspecified atom stereocenters. The Morgan fingerprint density at radius 1 is 1.00 bits per heavy atom. The first kappa shape index (κ1) is 16.7. The topological polar surface area (TPSA) is 32.3 Å². The number of nitrogens with zero attached hydrogens (tertiary/aromatic N) is 1. The van der Waals surface area contributed by atoms with Crippen LogP contribution < -0.4 is 5.32 Å². The largest absolute Gasteiger partial charge is 0.341 e. The van der Waals surface area contributed by atoms with Crippen molar-refractivity contribution in [1.82, 2.24) is 10.2 Å². The second kappa shape index (κ2) is 8.11. The fourth-order valence-corrected chi connectivity index (χ4v) is 3.31. The van der Waals surface area contributed by atoms with Crippen molar-refractivity contribution in [3.63, 3.8) is 0 Å². The van der Waals surface area contributed by atoms with Crippen molar-refractivity contribution in [1.29, 1.82) is 0 Å². The molecule has 3 rings (SSSR count). The van der Waals surface area contributed by atoms with Crippen molar-refractivity contribution in [3.05, 3.63) is 71.8 Å². The van der Waals surface area contributed by atoms with Gasteiger partial charge in [-0.2, -0.15) is 0 Å². The molecule has 1 saturated heterocycles. The first-order valence-electron chi connectivity index (χ1n) is 8.85. The monoisotopic (exact) mass is 322 g/mol. The summed E-state index contributed by atoms with van der Waals surface area (Å²) in [5.41, 5.74) is 2.59.